The molecule has 2 amide bonds. The normalized spacial score (nSPS) is 19.9. The summed E-state index contributed by atoms with van der Waals surface area (Å²) in [6, 6.07) is 15.3. The van der Waals surface area contributed by atoms with Crippen LogP contribution in [0.1, 0.15) is 58.4 Å². The third-order valence-electron chi connectivity index (χ3n) is 8.38. The Balaban J connectivity index is 1.14. The first kappa shape index (κ1) is 34.5. The van der Waals surface area contributed by atoms with Gasteiger partial charge in [-0.2, -0.15) is 0 Å². The fourth-order valence-electron chi connectivity index (χ4n) is 5.61. The number of carbonyl (C=O) groups excluding carboxylic acids is 1. The quantitative estimate of drug-likeness (QED) is 0.133. The summed E-state index contributed by atoms with van der Waals surface area (Å²) in [5.74, 6) is 0.532. The first-order chi connectivity index (χ1) is 22.4. The first-order valence-electron chi connectivity index (χ1n) is 16.0. The molecule has 0 unspecified atom stereocenters. The van der Waals surface area contributed by atoms with Crippen molar-refractivity contribution in [3.63, 3.8) is 0 Å². The topological polar surface area (TPSA) is 150 Å². The van der Waals surface area contributed by atoms with E-state index in [0.29, 0.717) is 54.6 Å². The largest absolute Gasteiger partial charge is 0.387 e. The van der Waals surface area contributed by atoms with Crippen LogP contribution in [0.25, 0.3) is 11.2 Å². The molecule has 2 aromatic carbocycles. The van der Waals surface area contributed by atoms with Crippen molar-refractivity contribution in [1.29, 1.82) is 0 Å². The van der Waals surface area contributed by atoms with E-state index >= 15 is 0 Å². The molecule has 2 aromatic heterocycles. The van der Waals surface area contributed by atoms with E-state index in [1.807, 2.05) is 48.5 Å². The van der Waals surface area contributed by atoms with Gasteiger partial charge in [0.25, 0.3) is 0 Å². The number of hydrogen-bond acceptors (Lipinski definition) is 9. The van der Waals surface area contributed by atoms with Crippen LogP contribution in [0, 0.1) is 0 Å². The van der Waals surface area contributed by atoms with E-state index in [1.54, 1.807) is 10.9 Å². The van der Waals surface area contributed by atoms with Gasteiger partial charge in [-0.3, -0.25) is 9.47 Å². The Morgan fingerprint density at radius 3 is 2.55 bits per heavy atom. The van der Waals surface area contributed by atoms with Gasteiger partial charge in [-0.1, -0.05) is 56.6 Å². The van der Waals surface area contributed by atoms with Crippen LogP contribution in [-0.2, 0) is 16.7 Å². The molecule has 1 aliphatic heterocycles. The van der Waals surface area contributed by atoms with Gasteiger partial charge in [0.05, 0.1) is 6.33 Å². The standard InChI is InChI=1S/C34H45ClN8O4/c1-21(2)42(15-7-14-36-33(46)41-25-12-10-23(11-13-25)34(3,4)5)18-26-28(44)29(45)32(47-26)43-20-40-27-30(38-19-39-31(27)43)37-17-22-8-6-9-24(35)16-22/h6,8-13,16,19-21,26,28-29,32,44-45H,7,14-15,17-18H2,1-5H3,(H2,36,41,46)(H,37,38,39)/t26-,28-,29-,32-/m1/s1. The zero-order valence-electron chi connectivity index (χ0n) is 27.5. The molecule has 13 heteroatoms. The lowest BCUT2D eigenvalue weighted by Crippen LogP contribution is -2.44. The molecular weight excluding hydrogens is 620 g/mol. The number of imidazole rings is 1. The highest BCUT2D eigenvalue weighted by Crippen LogP contribution is 2.33. The van der Waals surface area contributed by atoms with E-state index in [0.717, 1.165) is 11.3 Å². The smallest absolute Gasteiger partial charge is 0.319 e. The summed E-state index contributed by atoms with van der Waals surface area (Å²) in [5.41, 5.74) is 3.96. The molecule has 4 aromatic rings. The number of nitrogens with one attached hydrogen (secondary N) is 3. The minimum absolute atomic E-state index is 0.0468. The molecule has 1 aliphatic rings. The van der Waals surface area contributed by atoms with Crippen LogP contribution >= 0.6 is 11.6 Å². The number of carbonyl (C=O) groups is 1. The second-order valence-electron chi connectivity index (χ2n) is 13.2. The van der Waals surface area contributed by atoms with E-state index < -0.39 is 24.5 Å². The Morgan fingerprint density at radius 2 is 1.85 bits per heavy atom. The van der Waals surface area contributed by atoms with Crippen LogP contribution in [0.15, 0.2) is 61.2 Å². The summed E-state index contributed by atoms with van der Waals surface area (Å²) in [5, 5.41) is 31.8. The van der Waals surface area contributed by atoms with Gasteiger partial charge in [-0.25, -0.2) is 19.7 Å². The number of halogens is 1. The van der Waals surface area contributed by atoms with Crippen LogP contribution in [0.2, 0.25) is 5.02 Å². The maximum absolute atomic E-state index is 12.5. The molecule has 0 radical (unpaired) electrons. The lowest BCUT2D eigenvalue weighted by molar-refractivity contribution is -0.0468. The predicted molar refractivity (Wildman–Crippen MR) is 184 cm³/mol. The Kier molecular flexibility index (Phi) is 11.0. The van der Waals surface area contributed by atoms with Gasteiger partial charge in [0, 0.05) is 42.9 Å². The molecule has 5 N–H and O–H groups in total. The number of urea groups is 1. The number of aliphatic hydroxyl groups excluding tert-OH is 2. The summed E-state index contributed by atoms with van der Waals surface area (Å²) in [4.78, 5) is 27.9. The van der Waals surface area contributed by atoms with Crippen molar-refractivity contribution in [1.82, 2.24) is 29.7 Å². The molecule has 12 nitrogen and oxygen atoms in total. The van der Waals surface area contributed by atoms with Gasteiger partial charge < -0.3 is 30.9 Å². The van der Waals surface area contributed by atoms with Crippen LogP contribution in [0.5, 0.6) is 0 Å². The Labute approximate surface area is 280 Å². The number of aromatic nitrogens is 4. The number of anilines is 2. The minimum Gasteiger partial charge on any atom is -0.387 e. The van der Waals surface area contributed by atoms with E-state index in [9.17, 15) is 15.0 Å². The second kappa shape index (κ2) is 15.0. The highest BCUT2D eigenvalue weighted by Gasteiger charge is 2.45. The number of ether oxygens (including phenoxy) is 1. The average molecular weight is 665 g/mol. The van der Waals surface area contributed by atoms with Gasteiger partial charge in [-0.15, -0.1) is 0 Å². The lowest BCUT2D eigenvalue weighted by Gasteiger charge is -2.30. The van der Waals surface area contributed by atoms with Crippen molar-refractivity contribution in [2.75, 3.05) is 30.3 Å². The Hall–Kier alpha value is -3.81. The molecule has 252 valence electrons. The van der Waals surface area contributed by atoms with Crippen molar-refractivity contribution < 1.29 is 19.7 Å². The van der Waals surface area contributed by atoms with Crippen molar-refractivity contribution >= 4 is 40.3 Å². The lowest BCUT2D eigenvalue weighted by atomic mass is 9.87. The summed E-state index contributed by atoms with van der Waals surface area (Å²) in [7, 11) is 0. The summed E-state index contributed by atoms with van der Waals surface area (Å²) < 4.78 is 7.88. The molecule has 5 rings (SSSR count). The Morgan fingerprint density at radius 1 is 1.09 bits per heavy atom. The van der Waals surface area contributed by atoms with Crippen molar-refractivity contribution in [2.24, 2.45) is 0 Å². The van der Waals surface area contributed by atoms with E-state index in [2.05, 4.69) is 70.4 Å². The number of amides is 2. The van der Waals surface area contributed by atoms with Crippen molar-refractivity contribution in [3.05, 3.63) is 77.3 Å². The molecule has 47 heavy (non-hydrogen) atoms. The molecule has 1 fully saturated rings. The molecule has 0 spiro atoms. The highest BCUT2D eigenvalue weighted by molar-refractivity contribution is 6.30. The van der Waals surface area contributed by atoms with Gasteiger partial charge >= 0.3 is 6.03 Å². The van der Waals surface area contributed by atoms with Gasteiger partial charge in [0.15, 0.2) is 23.2 Å². The number of hydrogen-bond donors (Lipinski definition) is 5. The molecule has 0 saturated carbocycles. The van der Waals surface area contributed by atoms with Crippen molar-refractivity contribution in [2.45, 2.75) is 83.6 Å². The predicted octanol–water partition coefficient (Wildman–Crippen LogP) is 4.93. The van der Waals surface area contributed by atoms with Crippen LogP contribution < -0.4 is 16.0 Å². The maximum atomic E-state index is 12.5. The van der Waals surface area contributed by atoms with E-state index in [1.165, 1.54) is 11.9 Å². The van der Waals surface area contributed by atoms with Crippen molar-refractivity contribution in [3.8, 4) is 0 Å². The SMILES string of the molecule is CC(C)N(CCCNC(=O)Nc1ccc(C(C)(C)C)cc1)C[C@H]1O[C@@H](n2cnc3c(NCc4cccc(Cl)c4)ncnc32)[C@H](O)[C@@H]1O. The number of fused-ring (bicyclic) bond motifs is 1. The highest BCUT2D eigenvalue weighted by atomic mass is 35.5. The zero-order valence-corrected chi connectivity index (χ0v) is 28.3. The number of nitrogens with zero attached hydrogens (tertiary/aromatic N) is 5. The second-order valence-corrected chi connectivity index (χ2v) is 13.7. The van der Waals surface area contributed by atoms with E-state index in [4.69, 9.17) is 16.3 Å². The summed E-state index contributed by atoms with van der Waals surface area (Å²) >= 11 is 6.12. The fourth-order valence-corrected chi connectivity index (χ4v) is 5.83. The molecule has 0 bridgehead atoms. The van der Waals surface area contributed by atoms with Crippen LogP contribution in [-0.4, -0.2) is 84.7 Å². The average Bonchev–Trinajstić information content (AvgIpc) is 3.58. The summed E-state index contributed by atoms with van der Waals surface area (Å²) in [6.45, 7) is 12.6. The number of aliphatic hydroxyl groups is 2. The molecular formula is C34H45ClN8O4. The van der Waals surface area contributed by atoms with Crippen LogP contribution in [0.4, 0.5) is 16.3 Å². The fraction of sp³-hybridized carbons (Fsp3) is 0.471. The minimum atomic E-state index is -1.19. The molecule has 1 saturated heterocycles. The Bertz CT molecular complexity index is 1640. The maximum Gasteiger partial charge on any atom is 0.319 e. The van der Waals surface area contributed by atoms with Crippen LogP contribution in [0.3, 0.4) is 0 Å². The van der Waals surface area contributed by atoms with Gasteiger partial charge in [0.2, 0.25) is 0 Å². The third kappa shape index (κ3) is 8.57. The molecule has 3 heterocycles. The monoisotopic (exact) mass is 664 g/mol. The van der Waals surface area contributed by atoms with E-state index in [-0.39, 0.29) is 17.5 Å². The first-order valence-corrected chi connectivity index (χ1v) is 16.4. The number of rotatable bonds is 12. The number of benzene rings is 2. The van der Waals surface area contributed by atoms with Gasteiger partial charge in [-0.05, 0) is 61.1 Å². The third-order valence-corrected chi connectivity index (χ3v) is 8.62. The summed E-state index contributed by atoms with van der Waals surface area (Å²) in [6.07, 6.45) is -0.174. The van der Waals surface area contributed by atoms with Gasteiger partial charge in [0.1, 0.15) is 24.6 Å². The molecule has 0 aliphatic carbocycles. The zero-order chi connectivity index (χ0) is 33.7. The molecule has 4 atom stereocenters.